The van der Waals surface area contributed by atoms with Crippen LogP contribution in [0.3, 0.4) is 0 Å². The van der Waals surface area contributed by atoms with Crippen LogP contribution < -0.4 is 4.72 Å². The molecule has 0 amide bonds. The molecule has 6 nitrogen and oxygen atoms in total. The average Bonchev–Trinajstić information content (AvgIpc) is 2.38. The summed E-state index contributed by atoms with van der Waals surface area (Å²) in [5.41, 5.74) is 0.699. The van der Waals surface area contributed by atoms with Crippen molar-refractivity contribution in [2.45, 2.75) is 39.0 Å². The fraction of sp³-hybridized carbons (Fsp3) is 0.615. The maximum atomic E-state index is 12.4. The van der Waals surface area contributed by atoms with Crippen LogP contribution in [0.2, 0.25) is 0 Å². The van der Waals surface area contributed by atoms with Gasteiger partial charge in [-0.3, -0.25) is 4.98 Å². The molecule has 1 aliphatic rings. The number of nitrogens with one attached hydrogen (secondary N) is 1. The Labute approximate surface area is 120 Å². The fourth-order valence-corrected chi connectivity index (χ4v) is 3.85. The van der Waals surface area contributed by atoms with Gasteiger partial charge in [-0.15, -0.1) is 0 Å². The Morgan fingerprint density at radius 1 is 1.35 bits per heavy atom. The lowest BCUT2D eigenvalue weighted by Crippen LogP contribution is -2.52. The van der Waals surface area contributed by atoms with Gasteiger partial charge in [0, 0.05) is 19.3 Å². The molecule has 1 N–H and O–H groups in total. The number of rotatable bonds is 4. The SMILES string of the molecule is C[C@@H]1CN(S(=O)(=O)N[C@@H](C)c2ccccn2)C[C@@H](C)O1. The van der Waals surface area contributed by atoms with Gasteiger partial charge in [0.15, 0.2) is 0 Å². The van der Waals surface area contributed by atoms with Crippen LogP contribution in [0.15, 0.2) is 24.4 Å². The topological polar surface area (TPSA) is 71.5 Å². The summed E-state index contributed by atoms with van der Waals surface area (Å²) in [7, 11) is -3.53. The predicted molar refractivity (Wildman–Crippen MR) is 76.3 cm³/mol. The minimum Gasteiger partial charge on any atom is -0.373 e. The van der Waals surface area contributed by atoms with Crippen molar-refractivity contribution in [3.05, 3.63) is 30.1 Å². The van der Waals surface area contributed by atoms with Gasteiger partial charge in [0.05, 0.1) is 23.9 Å². The zero-order chi connectivity index (χ0) is 14.8. The normalized spacial score (nSPS) is 26.4. The molecule has 3 atom stereocenters. The van der Waals surface area contributed by atoms with E-state index in [2.05, 4.69) is 9.71 Å². The van der Waals surface area contributed by atoms with Crippen LogP contribution in [0.1, 0.15) is 32.5 Å². The molecule has 0 saturated carbocycles. The highest BCUT2D eigenvalue weighted by Crippen LogP contribution is 2.16. The zero-order valence-corrected chi connectivity index (χ0v) is 12.8. The summed E-state index contributed by atoms with van der Waals surface area (Å²) in [5.74, 6) is 0. The summed E-state index contributed by atoms with van der Waals surface area (Å²) < 4.78 is 34.4. The maximum absolute atomic E-state index is 12.4. The van der Waals surface area contributed by atoms with E-state index in [0.717, 1.165) is 0 Å². The van der Waals surface area contributed by atoms with Gasteiger partial charge in [-0.05, 0) is 32.9 Å². The maximum Gasteiger partial charge on any atom is 0.280 e. The Hall–Kier alpha value is -1.02. The Bertz CT molecular complexity index is 525. The molecule has 1 saturated heterocycles. The van der Waals surface area contributed by atoms with Crippen LogP contribution in [0.25, 0.3) is 0 Å². The largest absolute Gasteiger partial charge is 0.373 e. The number of nitrogens with zero attached hydrogens (tertiary/aromatic N) is 2. The first kappa shape index (κ1) is 15.4. The molecule has 20 heavy (non-hydrogen) atoms. The summed E-state index contributed by atoms with van der Waals surface area (Å²) in [4.78, 5) is 4.17. The van der Waals surface area contributed by atoms with Crippen molar-refractivity contribution in [3.63, 3.8) is 0 Å². The van der Waals surface area contributed by atoms with Gasteiger partial charge < -0.3 is 4.74 Å². The third-order valence-electron chi connectivity index (χ3n) is 3.18. The van der Waals surface area contributed by atoms with Gasteiger partial charge in [-0.1, -0.05) is 6.07 Å². The lowest BCUT2D eigenvalue weighted by Gasteiger charge is -2.34. The minimum atomic E-state index is -3.53. The summed E-state index contributed by atoms with van der Waals surface area (Å²) in [5, 5.41) is 0. The van der Waals surface area contributed by atoms with E-state index in [1.165, 1.54) is 4.31 Å². The van der Waals surface area contributed by atoms with Crippen molar-refractivity contribution in [2.24, 2.45) is 0 Å². The highest BCUT2D eigenvalue weighted by atomic mass is 32.2. The van der Waals surface area contributed by atoms with E-state index in [0.29, 0.717) is 18.8 Å². The number of aromatic nitrogens is 1. The Morgan fingerprint density at radius 3 is 2.55 bits per heavy atom. The van der Waals surface area contributed by atoms with Crippen LogP contribution >= 0.6 is 0 Å². The van der Waals surface area contributed by atoms with Crippen LogP contribution in [0.4, 0.5) is 0 Å². The standard InChI is InChI=1S/C13H21N3O3S/c1-10-8-16(9-11(2)19-10)20(17,18)15-12(3)13-6-4-5-7-14-13/h4-7,10-12,15H,8-9H2,1-3H3/t10-,11-,12+/m1/s1. The van der Waals surface area contributed by atoms with Gasteiger partial charge in [-0.2, -0.15) is 17.4 Å². The van der Waals surface area contributed by atoms with E-state index < -0.39 is 10.2 Å². The second-order valence-electron chi connectivity index (χ2n) is 5.17. The lowest BCUT2D eigenvalue weighted by atomic mass is 10.2. The van der Waals surface area contributed by atoms with Crippen LogP contribution in [0.5, 0.6) is 0 Å². The number of pyridine rings is 1. The summed E-state index contributed by atoms with van der Waals surface area (Å²) in [6, 6.07) is 5.08. The fourth-order valence-electron chi connectivity index (χ4n) is 2.32. The first-order valence-corrected chi connectivity index (χ1v) is 8.16. The Morgan fingerprint density at radius 2 is 2.00 bits per heavy atom. The molecule has 7 heteroatoms. The number of morpholine rings is 1. The van der Waals surface area contributed by atoms with Gasteiger partial charge in [0.2, 0.25) is 0 Å². The molecule has 0 radical (unpaired) electrons. The summed E-state index contributed by atoms with van der Waals surface area (Å²) in [6.45, 7) is 6.27. The summed E-state index contributed by atoms with van der Waals surface area (Å²) in [6.07, 6.45) is 1.46. The average molecular weight is 299 g/mol. The quantitative estimate of drug-likeness (QED) is 0.903. The second kappa shape index (κ2) is 6.17. The Kier molecular flexibility index (Phi) is 4.74. The van der Waals surface area contributed by atoms with Crippen LogP contribution in [0, 0.1) is 0 Å². The Balaban J connectivity index is 2.07. The van der Waals surface area contributed by atoms with Crippen molar-refractivity contribution < 1.29 is 13.2 Å². The second-order valence-corrected chi connectivity index (χ2v) is 6.88. The van der Waals surface area contributed by atoms with E-state index in [1.807, 2.05) is 19.9 Å². The molecule has 1 aromatic heterocycles. The van der Waals surface area contributed by atoms with Crippen molar-refractivity contribution in [2.75, 3.05) is 13.1 Å². The van der Waals surface area contributed by atoms with E-state index in [9.17, 15) is 8.42 Å². The molecule has 0 unspecified atom stereocenters. The van der Waals surface area contributed by atoms with Crippen LogP contribution in [-0.2, 0) is 14.9 Å². The molecule has 1 aromatic rings. The first-order valence-electron chi connectivity index (χ1n) is 6.72. The third-order valence-corrected chi connectivity index (χ3v) is 4.81. The van der Waals surface area contributed by atoms with Crippen molar-refractivity contribution >= 4 is 10.2 Å². The molecular weight excluding hydrogens is 278 g/mol. The van der Waals surface area contributed by atoms with E-state index >= 15 is 0 Å². The zero-order valence-electron chi connectivity index (χ0n) is 12.0. The highest BCUT2D eigenvalue weighted by molar-refractivity contribution is 7.87. The number of hydrogen-bond donors (Lipinski definition) is 1. The lowest BCUT2D eigenvalue weighted by molar-refractivity contribution is -0.0444. The number of hydrogen-bond acceptors (Lipinski definition) is 4. The van der Waals surface area contributed by atoms with Crippen LogP contribution in [-0.4, -0.2) is 43.0 Å². The molecule has 0 bridgehead atoms. The van der Waals surface area contributed by atoms with Crippen molar-refractivity contribution in [1.82, 2.24) is 14.0 Å². The molecule has 1 aliphatic heterocycles. The number of ether oxygens (including phenoxy) is 1. The van der Waals surface area contributed by atoms with Gasteiger partial charge in [0.25, 0.3) is 10.2 Å². The molecule has 0 spiro atoms. The predicted octanol–water partition coefficient (Wildman–Crippen LogP) is 1.09. The summed E-state index contributed by atoms with van der Waals surface area (Å²) >= 11 is 0. The third kappa shape index (κ3) is 3.76. The van der Waals surface area contributed by atoms with E-state index in [-0.39, 0.29) is 18.2 Å². The highest BCUT2D eigenvalue weighted by Gasteiger charge is 2.32. The smallest absolute Gasteiger partial charge is 0.280 e. The molecule has 1 fully saturated rings. The monoisotopic (exact) mass is 299 g/mol. The molecule has 112 valence electrons. The molecule has 2 rings (SSSR count). The van der Waals surface area contributed by atoms with E-state index in [1.54, 1.807) is 25.3 Å². The molecule has 0 aliphatic carbocycles. The van der Waals surface area contributed by atoms with Gasteiger partial charge in [0.1, 0.15) is 0 Å². The van der Waals surface area contributed by atoms with Crippen molar-refractivity contribution in [3.8, 4) is 0 Å². The van der Waals surface area contributed by atoms with Gasteiger partial charge >= 0.3 is 0 Å². The van der Waals surface area contributed by atoms with Gasteiger partial charge in [-0.25, -0.2) is 0 Å². The molecule has 2 heterocycles. The van der Waals surface area contributed by atoms with Crippen molar-refractivity contribution in [1.29, 1.82) is 0 Å². The first-order chi connectivity index (χ1) is 9.38. The van der Waals surface area contributed by atoms with E-state index in [4.69, 9.17) is 4.74 Å². The minimum absolute atomic E-state index is 0.0968. The molecule has 0 aromatic carbocycles. The molecular formula is C13H21N3O3S.